The minimum absolute atomic E-state index is 0.0271. The lowest BCUT2D eigenvalue weighted by atomic mass is 9.68. The fourth-order valence-electron chi connectivity index (χ4n) is 3.35. The number of aliphatic imine (C=N–C) groups is 1. The van der Waals surface area contributed by atoms with Crippen LogP contribution in [0.1, 0.15) is 66.2 Å². The van der Waals surface area contributed by atoms with Crippen molar-refractivity contribution in [3.8, 4) is 0 Å². The van der Waals surface area contributed by atoms with Crippen molar-refractivity contribution in [1.82, 2.24) is 10.6 Å². The lowest BCUT2D eigenvalue weighted by Gasteiger charge is -2.37. The minimum Gasteiger partial charge on any atom is -0.481 e. The molecule has 0 bridgehead atoms. The number of nitrogens with two attached hydrogens (primary N) is 3. The number of carbonyl (C=O) groups is 4. The maximum atomic E-state index is 12.5. The molecule has 0 spiro atoms. The lowest BCUT2D eigenvalue weighted by Crippen LogP contribution is -2.48. The Bertz CT molecular complexity index is 679. The minimum atomic E-state index is -1.11. The molecule has 0 aromatic heterocycles. The van der Waals surface area contributed by atoms with Gasteiger partial charge in [-0.3, -0.25) is 24.2 Å². The van der Waals surface area contributed by atoms with Crippen LogP contribution in [-0.4, -0.2) is 53.9 Å². The zero-order chi connectivity index (χ0) is 24.2. The van der Waals surface area contributed by atoms with Crippen LogP contribution < -0.4 is 27.8 Å². The number of hydrogen-bond acceptors (Lipinski definition) is 5. The van der Waals surface area contributed by atoms with Gasteiger partial charge in [0.1, 0.15) is 6.04 Å². The van der Waals surface area contributed by atoms with Gasteiger partial charge in [0, 0.05) is 19.4 Å². The molecule has 0 saturated heterocycles. The average molecular weight is 443 g/mol. The van der Waals surface area contributed by atoms with Gasteiger partial charge in [-0.05, 0) is 30.1 Å². The van der Waals surface area contributed by atoms with E-state index >= 15 is 0 Å². The fraction of sp³-hybridized carbons (Fsp3) is 0.750. The molecule has 0 rings (SSSR count). The monoisotopic (exact) mass is 442 g/mol. The van der Waals surface area contributed by atoms with E-state index < -0.39 is 23.8 Å². The van der Waals surface area contributed by atoms with E-state index in [0.717, 1.165) is 12.8 Å². The van der Waals surface area contributed by atoms with E-state index in [1.54, 1.807) is 0 Å². The van der Waals surface area contributed by atoms with Gasteiger partial charge in [0.05, 0.1) is 6.54 Å². The predicted octanol–water partition coefficient (Wildman–Crippen LogP) is -0.176. The Morgan fingerprint density at radius 2 is 1.58 bits per heavy atom. The van der Waals surface area contributed by atoms with Crippen LogP contribution in [0.25, 0.3) is 0 Å². The number of nitrogens with one attached hydrogen (secondary N) is 2. The Morgan fingerprint density at radius 1 is 1.00 bits per heavy atom. The highest BCUT2D eigenvalue weighted by molar-refractivity contribution is 5.89. The Hall–Kier alpha value is -2.85. The van der Waals surface area contributed by atoms with Crippen molar-refractivity contribution >= 4 is 29.7 Å². The summed E-state index contributed by atoms with van der Waals surface area (Å²) in [5.41, 5.74) is 15.6. The number of carboxylic acid groups (broad SMARTS) is 1. The Balaban J connectivity index is 4.85. The first-order valence-electron chi connectivity index (χ1n) is 10.4. The van der Waals surface area contributed by atoms with Crippen LogP contribution >= 0.6 is 0 Å². The van der Waals surface area contributed by atoms with Crippen molar-refractivity contribution in [3.05, 3.63) is 0 Å². The van der Waals surface area contributed by atoms with Gasteiger partial charge < -0.3 is 32.9 Å². The van der Waals surface area contributed by atoms with Gasteiger partial charge in [-0.2, -0.15) is 0 Å². The van der Waals surface area contributed by atoms with Crippen molar-refractivity contribution in [3.63, 3.8) is 0 Å². The molecule has 2 unspecified atom stereocenters. The fourth-order valence-corrected chi connectivity index (χ4v) is 3.35. The van der Waals surface area contributed by atoms with Gasteiger partial charge in [-0.25, -0.2) is 0 Å². The second kappa shape index (κ2) is 12.8. The molecule has 11 heteroatoms. The highest BCUT2D eigenvalue weighted by atomic mass is 16.4. The van der Waals surface area contributed by atoms with Crippen LogP contribution in [0, 0.1) is 10.8 Å². The summed E-state index contributed by atoms with van der Waals surface area (Å²) in [6.45, 7) is 8.23. The van der Waals surface area contributed by atoms with Crippen LogP contribution in [0.2, 0.25) is 0 Å². The second-order valence-electron chi connectivity index (χ2n) is 8.65. The van der Waals surface area contributed by atoms with Crippen LogP contribution in [0.4, 0.5) is 0 Å². The van der Waals surface area contributed by atoms with E-state index in [-0.39, 0.29) is 48.5 Å². The molecule has 3 amide bonds. The van der Waals surface area contributed by atoms with E-state index in [2.05, 4.69) is 22.5 Å². The number of hydrogen-bond donors (Lipinski definition) is 6. The largest absolute Gasteiger partial charge is 0.481 e. The molecule has 0 saturated carbocycles. The molecule has 0 aromatic rings. The van der Waals surface area contributed by atoms with Crippen molar-refractivity contribution < 1.29 is 24.3 Å². The third-order valence-corrected chi connectivity index (χ3v) is 5.56. The van der Waals surface area contributed by atoms with E-state index in [4.69, 9.17) is 22.3 Å². The van der Waals surface area contributed by atoms with Gasteiger partial charge in [-0.1, -0.05) is 34.1 Å². The zero-order valence-electron chi connectivity index (χ0n) is 19.0. The van der Waals surface area contributed by atoms with Crippen molar-refractivity contribution in [1.29, 1.82) is 0 Å². The molecular weight excluding hydrogens is 404 g/mol. The van der Waals surface area contributed by atoms with Crippen LogP contribution in [0.15, 0.2) is 4.99 Å². The topological polar surface area (TPSA) is 203 Å². The van der Waals surface area contributed by atoms with Gasteiger partial charge in [-0.15, -0.1) is 0 Å². The molecule has 0 aromatic carbocycles. The van der Waals surface area contributed by atoms with E-state index in [1.165, 1.54) is 0 Å². The third-order valence-electron chi connectivity index (χ3n) is 5.56. The molecule has 0 aliphatic carbocycles. The summed E-state index contributed by atoms with van der Waals surface area (Å²) in [6, 6.07) is -1.11. The summed E-state index contributed by atoms with van der Waals surface area (Å²) in [4.78, 5) is 50.7. The van der Waals surface area contributed by atoms with Crippen molar-refractivity contribution in [2.75, 3.05) is 13.1 Å². The van der Waals surface area contributed by atoms with Gasteiger partial charge >= 0.3 is 5.97 Å². The number of carbonyl (C=O) groups excluding carboxylic acids is 3. The molecule has 11 nitrogen and oxygen atoms in total. The first-order valence-corrected chi connectivity index (χ1v) is 10.4. The Kier molecular flexibility index (Phi) is 11.6. The predicted molar refractivity (Wildman–Crippen MR) is 118 cm³/mol. The molecule has 0 radical (unpaired) electrons. The molecule has 9 N–H and O–H groups in total. The van der Waals surface area contributed by atoms with Gasteiger partial charge in [0.25, 0.3) is 0 Å². The highest BCUT2D eigenvalue weighted by Crippen LogP contribution is 2.41. The average Bonchev–Trinajstić information content (AvgIpc) is 2.67. The van der Waals surface area contributed by atoms with E-state index in [9.17, 15) is 19.2 Å². The maximum Gasteiger partial charge on any atom is 0.303 e. The first-order chi connectivity index (χ1) is 14.3. The van der Waals surface area contributed by atoms with Gasteiger partial charge in [0.15, 0.2) is 5.96 Å². The smallest absolute Gasteiger partial charge is 0.303 e. The molecule has 0 fully saturated rings. The van der Waals surface area contributed by atoms with Crippen molar-refractivity contribution in [2.45, 2.75) is 72.3 Å². The SMILES string of the molecule is CCC(C)(CN=C(N)N)CC(C)(CC)CC(=O)NCC(=O)N[C@@H](CCC(=O)O)C(N)=O. The van der Waals surface area contributed by atoms with E-state index in [1.807, 2.05) is 20.8 Å². The number of carboxylic acids is 1. The number of rotatable bonds is 15. The molecule has 178 valence electrons. The highest BCUT2D eigenvalue weighted by Gasteiger charge is 2.35. The summed E-state index contributed by atoms with van der Waals surface area (Å²) in [5, 5.41) is 13.6. The Morgan fingerprint density at radius 3 is 2.03 bits per heavy atom. The summed E-state index contributed by atoms with van der Waals surface area (Å²) in [5.74, 6) is -2.84. The Labute approximate surface area is 183 Å². The van der Waals surface area contributed by atoms with Crippen molar-refractivity contribution in [2.24, 2.45) is 33.0 Å². The summed E-state index contributed by atoms with van der Waals surface area (Å²) in [7, 11) is 0. The molecule has 0 heterocycles. The van der Waals surface area contributed by atoms with Crippen LogP contribution in [0.5, 0.6) is 0 Å². The molecule has 3 atom stereocenters. The molecule has 0 aliphatic heterocycles. The third kappa shape index (κ3) is 11.8. The van der Waals surface area contributed by atoms with Gasteiger partial charge in [0.2, 0.25) is 17.7 Å². The number of aliphatic carboxylic acids is 1. The normalized spacial score (nSPS) is 15.6. The summed E-state index contributed by atoms with van der Waals surface area (Å²) in [6.07, 6.45) is 2.04. The second-order valence-corrected chi connectivity index (χ2v) is 8.65. The molecule has 0 aliphatic rings. The lowest BCUT2D eigenvalue weighted by molar-refractivity contribution is -0.137. The summed E-state index contributed by atoms with van der Waals surface area (Å²) >= 11 is 0. The number of nitrogens with zero attached hydrogens (tertiary/aromatic N) is 1. The maximum absolute atomic E-state index is 12.5. The number of amides is 3. The zero-order valence-corrected chi connectivity index (χ0v) is 19.0. The van der Waals surface area contributed by atoms with Crippen LogP contribution in [-0.2, 0) is 19.2 Å². The molecular formula is C20H38N6O5. The van der Waals surface area contributed by atoms with E-state index in [0.29, 0.717) is 13.0 Å². The quantitative estimate of drug-likeness (QED) is 0.149. The molecule has 31 heavy (non-hydrogen) atoms. The summed E-state index contributed by atoms with van der Waals surface area (Å²) < 4.78 is 0. The van der Waals surface area contributed by atoms with Crippen LogP contribution in [0.3, 0.4) is 0 Å². The standard InChI is InChI=1S/C20H38N6O5/c1-5-19(3,11-20(4,6-2)12-25-18(22)23)9-14(27)24-10-15(28)26-13(17(21)31)7-8-16(29)30/h13H,5-12H2,1-4H3,(H2,21,31)(H,24,27)(H,26,28)(H,29,30)(H4,22,23,25)/t13-,19?,20?/m0/s1. The number of primary amides is 1. The first kappa shape index (κ1) is 28.1. The number of guanidine groups is 1.